The van der Waals surface area contributed by atoms with Crippen molar-refractivity contribution in [2.24, 2.45) is 0 Å². The molecule has 0 saturated heterocycles. The van der Waals surface area contributed by atoms with Crippen molar-refractivity contribution >= 4 is 11.4 Å². The van der Waals surface area contributed by atoms with Crippen molar-refractivity contribution in [1.82, 2.24) is 4.72 Å². The van der Waals surface area contributed by atoms with Crippen LogP contribution in [0.25, 0.3) is 0 Å². The van der Waals surface area contributed by atoms with Gasteiger partial charge in [0, 0.05) is 23.3 Å². The molecule has 0 saturated carbocycles. The van der Waals surface area contributed by atoms with Crippen LogP contribution in [-0.4, -0.2) is 9.30 Å². The highest BCUT2D eigenvalue weighted by molar-refractivity contribution is 7.90. The van der Waals surface area contributed by atoms with Crippen LogP contribution >= 0.6 is 0 Å². The van der Waals surface area contributed by atoms with Crippen LogP contribution in [0.5, 0.6) is 0 Å². The minimum Gasteiger partial charge on any atom is -0.598 e. The van der Waals surface area contributed by atoms with Crippen LogP contribution < -0.4 is 4.72 Å². The summed E-state index contributed by atoms with van der Waals surface area (Å²) >= 11 is -1.22. The van der Waals surface area contributed by atoms with Crippen molar-refractivity contribution in [3.05, 3.63) is 34.9 Å². The first-order valence-corrected chi connectivity index (χ1v) is 7.96. The Balaban J connectivity index is 2.25. The van der Waals surface area contributed by atoms with Crippen LogP contribution in [0.15, 0.2) is 18.2 Å². The largest absolute Gasteiger partial charge is 0.598 e. The van der Waals surface area contributed by atoms with Crippen LogP contribution in [0, 0.1) is 0 Å². The van der Waals surface area contributed by atoms with E-state index >= 15 is 0 Å². The minimum atomic E-state index is -2.73. The zero-order valence-electron chi connectivity index (χ0n) is 12.3. The fourth-order valence-electron chi connectivity index (χ4n) is 2.45. The summed E-state index contributed by atoms with van der Waals surface area (Å²) < 4.78 is 42.3. The number of alkyl halides is 2. The van der Waals surface area contributed by atoms with Gasteiger partial charge < -0.3 is 4.55 Å². The smallest absolute Gasteiger partial charge is 0.273 e. The van der Waals surface area contributed by atoms with Crippen molar-refractivity contribution in [3.63, 3.8) is 0 Å². The Hall–Kier alpha value is -0.650. The summed E-state index contributed by atoms with van der Waals surface area (Å²) in [5, 5.41) is 0. The Bertz CT molecular complexity index is 499. The van der Waals surface area contributed by atoms with Gasteiger partial charge in [-0.2, -0.15) is 0 Å². The highest BCUT2D eigenvalue weighted by atomic mass is 32.2. The molecule has 0 heterocycles. The molecular weight excluding hydrogens is 280 g/mol. The molecule has 2 nitrogen and oxygen atoms in total. The Labute approximate surface area is 122 Å². The zero-order chi connectivity index (χ0) is 15.1. The van der Waals surface area contributed by atoms with Crippen LogP contribution in [0.4, 0.5) is 8.78 Å². The Morgan fingerprint density at radius 3 is 2.60 bits per heavy atom. The molecule has 5 heteroatoms. The maximum absolute atomic E-state index is 13.8. The van der Waals surface area contributed by atoms with Crippen molar-refractivity contribution in [2.75, 3.05) is 0 Å². The molecule has 0 bridgehead atoms. The minimum absolute atomic E-state index is 0.130. The van der Waals surface area contributed by atoms with E-state index in [0.717, 1.165) is 5.56 Å². The molecule has 1 aromatic carbocycles. The van der Waals surface area contributed by atoms with Crippen LogP contribution in [0.1, 0.15) is 56.8 Å². The van der Waals surface area contributed by atoms with Crippen molar-refractivity contribution < 1.29 is 13.3 Å². The van der Waals surface area contributed by atoms with Gasteiger partial charge in [0.25, 0.3) is 5.92 Å². The standard InChI is InChI=1S/C15H21F2NOS/c1-10(18-20(19)14(2,3)4)11-6-5-7-13-12(11)8-9-15(13,16)17/h5-7,10,18H,8-9H2,1-4H3. The third kappa shape index (κ3) is 3.00. The van der Waals surface area contributed by atoms with Crippen LogP contribution in [0.2, 0.25) is 0 Å². The second-order valence-corrected chi connectivity index (χ2v) is 8.30. The quantitative estimate of drug-likeness (QED) is 0.861. The third-order valence-electron chi connectivity index (χ3n) is 3.60. The molecule has 0 aromatic heterocycles. The summed E-state index contributed by atoms with van der Waals surface area (Å²) in [7, 11) is 0. The van der Waals surface area contributed by atoms with E-state index in [0.29, 0.717) is 12.0 Å². The van der Waals surface area contributed by atoms with Gasteiger partial charge >= 0.3 is 0 Å². The van der Waals surface area contributed by atoms with Crippen molar-refractivity contribution in [1.29, 1.82) is 0 Å². The molecule has 2 rings (SSSR count). The van der Waals surface area contributed by atoms with Gasteiger partial charge in [0.05, 0.1) is 6.04 Å². The number of hydrogen-bond acceptors (Lipinski definition) is 2. The first-order chi connectivity index (χ1) is 9.13. The summed E-state index contributed by atoms with van der Waals surface area (Å²) in [5.41, 5.74) is 1.67. The molecule has 0 aliphatic heterocycles. The molecule has 112 valence electrons. The normalized spacial score (nSPS) is 20.6. The molecule has 1 aromatic rings. The topological polar surface area (TPSA) is 35.1 Å². The average Bonchev–Trinajstić information content (AvgIpc) is 2.64. The Morgan fingerprint density at radius 1 is 1.35 bits per heavy atom. The highest BCUT2D eigenvalue weighted by Gasteiger charge is 2.40. The van der Waals surface area contributed by atoms with Crippen molar-refractivity contribution in [2.45, 2.75) is 57.2 Å². The highest BCUT2D eigenvalue weighted by Crippen LogP contribution is 2.43. The molecule has 0 amide bonds. The lowest BCUT2D eigenvalue weighted by atomic mass is 9.98. The lowest BCUT2D eigenvalue weighted by Crippen LogP contribution is -2.40. The van der Waals surface area contributed by atoms with Crippen molar-refractivity contribution in [3.8, 4) is 0 Å². The van der Waals surface area contributed by atoms with Gasteiger partial charge in [-0.15, -0.1) is 4.72 Å². The summed E-state index contributed by atoms with van der Waals surface area (Å²) in [6.45, 7) is 7.51. The SMILES string of the molecule is CC(N[S+]([O-])C(C)(C)C)c1cccc2c1CCC2(F)F. The number of rotatable bonds is 3. The van der Waals surface area contributed by atoms with Gasteiger partial charge in [0.2, 0.25) is 0 Å². The van der Waals surface area contributed by atoms with E-state index in [1.807, 2.05) is 33.8 Å². The van der Waals surface area contributed by atoms with Crippen LogP contribution in [0.3, 0.4) is 0 Å². The molecule has 1 aliphatic rings. The molecule has 1 N–H and O–H groups in total. The third-order valence-corrected chi connectivity index (χ3v) is 5.28. The van der Waals surface area contributed by atoms with Gasteiger partial charge in [-0.05, 0) is 45.2 Å². The van der Waals surface area contributed by atoms with Gasteiger partial charge in [-0.3, -0.25) is 0 Å². The maximum atomic E-state index is 13.8. The van der Waals surface area contributed by atoms with E-state index in [1.54, 1.807) is 6.07 Å². The summed E-state index contributed by atoms with van der Waals surface area (Å²) in [4.78, 5) is 0. The number of fused-ring (bicyclic) bond motifs is 1. The van der Waals surface area contributed by atoms with E-state index in [2.05, 4.69) is 4.72 Å². The summed E-state index contributed by atoms with van der Waals surface area (Å²) in [5.74, 6) is -2.73. The van der Waals surface area contributed by atoms with Gasteiger partial charge in [-0.1, -0.05) is 18.2 Å². The molecule has 1 aliphatic carbocycles. The lowest BCUT2D eigenvalue weighted by Gasteiger charge is -2.27. The van der Waals surface area contributed by atoms with E-state index in [9.17, 15) is 13.3 Å². The molecule has 2 unspecified atom stereocenters. The predicted molar refractivity (Wildman–Crippen MR) is 78.1 cm³/mol. The van der Waals surface area contributed by atoms with Gasteiger partial charge in [-0.25, -0.2) is 8.78 Å². The van der Waals surface area contributed by atoms with Gasteiger partial charge in [0.1, 0.15) is 4.75 Å². The molecule has 0 radical (unpaired) electrons. The average molecular weight is 301 g/mol. The van der Waals surface area contributed by atoms with Crippen LogP contribution in [-0.2, 0) is 23.7 Å². The summed E-state index contributed by atoms with van der Waals surface area (Å²) in [6.07, 6.45) is 0.251. The number of benzene rings is 1. The second-order valence-electron chi connectivity index (χ2n) is 6.30. The summed E-state index contributed by atoms with van der Waals surface area (Å²) in [6, 6.07) is 4.79. The number of hydrogen-bond donors (Lipinski definition) is 1. The second kappa shape index (κ2) is 5.28. The molecule has 0 spiro atoms. The first kappa shape index (κ1) is 15.7. The number of halogens is 2. The Kier molecular flexibility index (Phi) is 4.15. The monoisotopic (exact) mass is 301 g/mol. The fraction of sp³-hybridized carbons (Fsp3) is 0.600. The molecular formula is C15H21F2NOS. The lowest BCUT2D eigenvalue weighted by molar-refractivity contribution is -0.00184. The first-order valence-electron chi connectivity index (χ1n) is 6.81. The number of nitrogens with one attached hydrogen (secondary N) is 1. The van der Waals surface area contributed by atoms with Gasteiger partial charge in [0.15, 0.2) is 0 Å². The molecule has 2 atom stereocenters. The van der Waals surface area contributed by atoms with E-state index in [4.69, 9.17) is 0 Å². The predicted octanol–water partition coefficient (Wildman–Crippen LogP) is 3.84. The molecule has 0 fully saturated rings. The fourth-order valence-corrected chi connectivity index (χ4v) is 3.25. The van der Waals surface area contributed by atoms with E-state index in [1.165, 1.54) is 6.07 Å². The Morgan fingerprint density at radius 2 is 2.00 bits per heavy atom. The van der Waals surface area contributed by atoms with E-state index in [-0.39, 0.29) is 22.8 Å². The van der Waals surface area contributed by atoms with E-state index < -0.39 is 17.3 Å². The molecule has 20 heavy (non-hydrogen) atoms. The zero-order valence-corrected chi connectivity index (χ0v) is 13.1. The maximum Gasteiger partial charge on any atom is 0.273 e.